The number of nitrogen functional groups attached to an aromatic ring is 2. The van der Waals surface area contributed by atoms with Gasteiger partial charge in [-0.3, -0.25) is 0 Å². The first-order valence-corrected chi connectivity index (χ1v) is 6.04. The Labute approximate surface area is 116 Å². The molecule has 18 heavy (non-hydrogen) atoms. The fraction of sp³-hybridized carbons (Fsp3) is 0.100. The van der Waals surface area contributed by atoms with Gasteiger partial charge in [0, 0.05) is 11.8 Å². The first kappa shape index (κ1) is 12.8. The Morgan fingerprint density at radius 1 is 1.28 bits per heavy atom. The molecule has 0 aliphatic carbocycles. The van der Waals surface area contributed by atoms with Crippen molar-refractivity contribution in [3.63, 3.8) is 0 Å². The van der Waals surface area contributed by atoms with E-state index in [0.717, 1.165) is 0 Å². The number of hydrogen-bond donors (Lipinski definition) is 2. The lowest BCUT2D eigenvalue weighted by Crippen LogP contribution is -2.04. The largest absolute Gasteiger partial charge is 0.470 e. The third kappa shape index (κ3) is 2.80. The normalized spacial score (nSPS) is 10.3. The number of ether oxygens (including phenoxy) is 1. The van der Waals surface area contributed by atoms with Crippen LogP contribution in [0.25, 0.3) is 0 Å². The van der Waals surface area contributed by atoms with E-state index in [9.17, 15) is 0 Å². The number of pyridine rings is 1. The van der Waals surface area contributed by atoms with Crippen LogP contribution in [0.15, 0.2) is 23.1 Å². The molecule has 0 bridgehead atoms. The molecule has 6 nitrogen and oxygen atoms in total. The van der Waals surface area contributed by atoms with Gasteiger partial charge >= 0.3 is 0 Å². The second kappa shape index (κ2) is 5.36. The molecule has 2 rings (SSSR count). The van der Waals surface area contributed by atoms with Crippen LogP contribution in [0.1, 0.15) is 5.56 Å². The summed E-state index contributed by atoms with van der Waals surface area (Å²) in [6.07, 6.45) is 3.04. The van der Waals surface area contributed by atoms with Gasteiger partial charge in [-0.15, -0.1) is 0 Å². The molecular weight excluding hydrogens is 322 g/mol. The van der Waals surface area contributed by atoms with Crippen LogP contribution in [0.5, 0.6) is 5.88 Å². The Hall–Kier alpha value is -1.60. The SMILES string of the molecule is Nc1ncc(Br)nc1OCc1ccnc(N)c1Cl. The van der Waals surface area contributed by atoms with Crippen molar-refractivity contribution in [1.82, 2.24) is 15.0 Å². The van der Waals surface area contributed by atoms with Crippen molar-refractivity contribution in [3.05, 3.63) is 33.6 Å². The van der Waals surface area contributed by atoms with Crippen molar-refractivity contribution in [2.24, 2.45) is 0 Å². The molecule has 2 heterocycles. The second-order valence-corrected chi connectivity index (χ2v) is 4.53. The number of nitrogens with zero attached hydrogens (tertiary/aromatic N) is 3. The number of aromatic nitrogens is 3. The van der Waals surface area contributed by atoms with Crippen molar-refractivity contribution in [3.8, 4) is 5.88 Å². The molecule has 0 unspecified atom stereocenters. The molecule has 94 valence electrons. The van der Waals surface area contributed by atoms with E-state index >= 15 is 0 Å². The van der Waals surface area contributed by atoms with Crippen LogP contribution < -0.4 is 16.2 Å². The standard InChI is InChI=1S/C10H9BrClN5O/c11-6-3-16-9(14)10(17-6)18-4-5-1-2-15-8(13)7(5)12/h1-3H,4H2,(H2,13,15)(H2,14,16). The molecule has 0 saturated heterocycles. The Morgan fingerprint density at radius 3 is 2.83 bits per heavy atom. The van der Waals surface area contributed by atoms with E-state index in [1.807, 2.05) is 0 Å². The zero-order valence-corrected chi connectivity index (χ0v) is 11.4. The molecule has 0 radical (unpaired) electrons. The summed E-state index contributed by atoms with van der Waals surface area (Å²) in [7, 11) is 0. The number of halogens is 2. The molecule has 8 heteroatoms. The Morgan fingerprint density at radius 2 is 2.06 bits per heavy atom. The quantitative estimate of drug-likeness (QED) is 0.893. The average Bonchev–Trinajstić information content (AvgIpc) is 2.35. The van der Waals surface area contributed by atoms with Crippen molar-refractivity contribution >= 4 is 39.2 Å². The lowest BCUT2D eigenvalue weighted by Gasteiger charge is -2.09. The van der Waals surface area contributed by atoms with E-state index in [0.29, 0.717) is 15.2 Å². The lowest BCUT2D eigenvalue weighted by molar-refractivity contribution is 0.294. The number of rotatable bonds is 3. The molecule has 0 atom stereocenters. The fourth-order valence-electron chi connectivity index (χ4n) is 1.23. The van der Waals surface area contributed by atoms with Gasteiger partial charge in [0.1, 0.15) is 17.0 Å². The third-order valence-corrected chi connectivity index (χ3v) is 2.92. The zero-order chi connectivity index (χ0) is 13.1. The summed E-state index contributed by atoms with van der Waals surface area (Å²) in [4.78, 5) is 11.8. The molecule has 0 fully saturated rings. The van der Waals surface area contributed by atoms with E-state index in [1.165, 1.54) is 6.20 Å². The summed E-state index contributed by atoms with van der Waals surface area (Å²) in [6, 6.07) is 1.71. The number of anilines is 2. The van der Waals surface area contributed by atoms with Gasteiger partial charge in [-0.05, 0) is 22.0 Å². The van der Waals surface area contributed by atoms with Gasteiger partial charge in [-0.25, -0.2) is 15.0 Å². The van der Waals surface area contributed by atoms with Crippen molar-refractivity contribution in [2.75, 3.05) is 11.5 Å². The van der Waals surface area contributed by atoms with Gasteiger partial charge in [0.2, 0.25) is 0 Å². The van der Waals surface area contributed by atoms with Gasteiger partial charge in [-0.1, -0.05) is 11.6 Å². The van der Waals surface area contributed by atoms with Crippen LogP contribution in [0.3, 0.4) is 0 Å². The summed E-state index contributed by atoms with van der Waals surface area (Å²) in [5, 5.41) is 0.360. The molecule has 4 N–H and O–H groups in total. The Balaban J connectivity index is 2.16. The van der Waals surface area contributed by atoms with Gasteiger partial charge < -0.3 is 16.2 Å². The van der Waals surface area contributed by atoms with Gasteiger partial charge in [0.05, 0.1) is 11.2 Å². The van der Waals surface area contributed by atoms with Crippen LogP contribution in [0, 0.1) is 0 Å². The molecule has 0 amide bonds. The molecule has 2 aromatic rings. The van der Waals surface area contributed by atoms with E-state index in [4.69, 9.17) is 27.8 Å². The van der Waals surface area contributed by atoms with Crippen LogP contribution >= 0.6 is 27.5 Å². The summed E-state index contributed by atoms with van der Waals surface area (Å²) in [5.74, 6) is 0.693. The number of nitrogens with two attached hydrogens (primary N) is 2. The minimum absolute atomic E-state index is 0.181. The summed E-state index contributed by atoms with van der Waals surface area (Å²) >= 11 is 9.17. The maximum absolute atomic E-state index is 5.99. The highest BCUT2D eigenvalue weighted by atomic mass is 79.9. The average molecular weight is 331 g/mol. The molecule has 0 aliphatic rings. The Bertz CT molecular complexity index is 578. The van der Waals surface area contributed by atoms with Crippen molar-refractivity contribution in [2.45, 2.75) is 6.61 Å². The topological polar surface area (TPSA) is 99.9 Å². The maximum Gasteiger partial charge on any atom is 0.258 e. The highest BCUT2D eigenvalue weighted by Crippen LogP contribution is 2.24. The minimum Gasteiger partial charge on any atom is -0.470 e. The zero-order valence-electron chi connectivity index (χ0n) is 9.10. The predicted molar refractivity (Wildman–Crippen MR) is 72.1 cm³/mol. The molecule has 0 saturated carbocycles. The number of hydrogen-bond acceptors (Lipinski definition) is 6. The maximum atomic E-state index is 5.99. The molecule has 0 aromatic carbocycles. The van der Waals surface area contributed by atoms with Crippen LogP contribution in [0.2, 0.25) is 5.02 Å². The minimum atomic E-state index is 0.181. The van der Waals surface area contributed by atoms with E-state index in [2.05, 4.69) is 30.9 Å². The van der Waals surface area contributed by atoms with Gasteiger partial charge in [0.15, 0.2) is 5.82 Å². The summed E-state index contributed by atoms with van der Waals surface area (Å²) < 4.78 is 5.98. The molecular formula is C10H9BrClN5O. The highest BCUT2D eigenvalue weighted by Gasteiger charge is 2.09. The Kier molecular flexibility index (Phi) is 3.83. The summed E-state index contributed by atoms with van der Waals surface area (Å²) in [6.45, 7) is 0.181. The van der Waals surface area contributed by atoms with Crippen LogP contribution in [0.4, 0.5) is 11.6 Å². The smallest absolute Gasteiger partial charge is 0.258 e. The van der Waals surface area contributed by atoms with E-state index in [1.54, 1.807) is 12.3 Å². The molecule has 0 aliphatic heterocycles. The van der Waals surface area contributed by atoms with Crippen LogP contribution in [-0.4, -0.2) is 15.0 Å². The third-order valence-electron chi connectivity index (χ3n) is 2.10. The summed E-state index contributed by atoms with van der Waals surface area (Å²) in [5.41, 5.74) is 11.9. The molecule has 0 spiro atoms. The second-order valence-electron chi connectivity index (χ2n) is 3.34. The molecule has 2 aromatic heterocycles. The van der Waals surface area contributed by atoms with Gasteiger partial charge in [-0.2, -0.15) is 0 Å². The highest BCUT2D eigenvalue weighted by molar-refractivity contribution is 9.10. The van der Waals surface area contributed by atoms with Crippen molar-refractivity contribution < 1.29 is 4.74 Å². The first-order valence-electron chi connectivity index (χ1n) is 4.87. The van der Waals surface area contributed by atoms with Crippen LogP contribution in [-0.2, 0) is 6.61 Å². The fourth-order valence-corrected chi connectivity index (χ4v) is 1.66. The van der Waals surface area contributed by atoms with Gasteiger partial charge in [0.25, 0.3) is 5.88 Å². The van der Waals surface area contributed by atoms with Crippen molar-refractivity contribution in [1.29, 1.82) is 0 Å². The lowest BCUT2D eigenvalue weighted by atomic mass is 10.3. The predicted octanol–water partition coefficient (Wildman–Crippen LogP) is 2.03. The first-order chi connectivity index (χ1) is 8.58. The van der Waals surface area contributed by atoms with E-state index < -0.39 is 0 Å². The van der Waals surface area contributed by atoms with E-state index in [-0.39, 0.29) is 24.1 Å². The monoisotopic (exact) mass is 329 g/mol.